The molecule has 0 unspecified atom stereocenters. The Kier molecular flexibility index (Phi) is 2.15. The van der Waals surface area contributed by atoms with E-state index in [0.29, 0.717) is 6.54 Å². The van der Waals surface area contributed by atoms with Crippen molar-refractivity contribution in [1.29, 1.82) is 0 Å². The molecule has 0 amide bonds. The van der Waals surface area contributed by atoms with Crippen molar-refractivity contribution in [2.45, 2.75) is 6.92 Å². The number of allylic oxidation sites excluding steroid dienone is 2. The van der Waals surface area contributed by atoms with Crippen LogP contribution in [0.3, 0.4) is 0 Å². The summed E-state index contributed by atoms with van der Waals surface area (Å²) in [5.41, 5.74) is 2.05. The molecule has 0 fully saturated rings. The maximum absolute atomic E-state index is 3.89. The Balaban J connectivity index is 2.84. The summed E-state index contributed by atoms with van der Waals surface area (Å²) in [6.45, 7) is 6.31. The van der Waals surface area contributed by atoms with Crippen LogP contribution in [0.15, 0.2) is 46.3 Å². The van der Waals surface area contributed by atoms with Crippen LogP contribution < -0.4 is 0 Å². The Hall–Kier alpha value is -1.18. The predicted molar refractivity (Wildman–Crippen MR) is 41.8 cm³/mol. The quantitative estimate of drug-likeness (QED) is 0.554. The lowest BCUT2D eigenvalue weighted by Crippen LogP contribution is -1.80. The first-order valence-corrected chi connectivity index (χ1v) is 3.24. The molecular weight excluding hydrogens is 124 g/mol. The molecule has 0 aromatic carbocycles. The smallest absolute Gasteiger partial charge is 0.0898 e. The van der Waals surface area contributed by atoms with Crippen LogP contribution in [0.2, 0.25) is 0 Å². The van der Waals surface area contributed by atoms with E-state index in [9.17, 15) is 0 Å². The predicted octanol–water partition coefficient (Wildman–Crippen LogP) is 2.47. The van der Waals surface area contributed by atoms with Gasteiger partial charge in [-0.3, -0.25) is 0 Å². The van der Waals surface area contributed by atoms with Crippen LogP contribution in [-0.2, 0) is 0 Å². The molecule has 1 aliphatic rings. The molecule has 0 bridgehead atoms. The summed E-state index contributed by atoms with van der Waals surface area (Å²) >= 11 is 0. The first-order chi connectivity index (χ1) is 4.88. The molecule has 10 heavy (non-hydrogen) atoms. The van der Waals surface area contributed by atoms with E-state index in [4.69, 9.17) is 0 Å². The zero-order valence-corrected chi connectivity index (χ0v) is 6.04. The van der Waals surface area contributed by atoms with E-state index < -0.39 is 0 Å². The Morgan fingerprint density at radius 2 is 2.40 bits per heavy atom. The first kappa shape index (κ1) is 6.93. The van der Waals surface area contributed by atoms with Crippen LogP contribution in [0, 0.1) is 0 Å². The topological polar surface area (TPSA) is 24.7 Å². The van der Waals surface area contributed by atoms with Crippen molar-refractivity contribution < 1.29 is 0 Å². The highest BCUT2D eigenvalue weighted by atomic mass is 15.1. The van der Waals surface area contributed by atoms with Crippen molar-refractivity contribution >= 4 is 0 Å². The van der Waals surface area contributed by atoms with Gasteiger partial charge in [-0.15, -0.1) is 0 Å². The first-order valence-electron chi connectivity index (χ1n) is 3.24. The van der Waals surface area contributed by atoms with Crippen molar-refractivity contribution in [2.24, 2.45) is 10.2 Å². The van der Waals surface area contributed by atoms with Gasteiger partial charge in [0.25, 0.3) is 0 Å². The number of hydrogen-bond acceptors (Lipinski definition) is 2. The van der Waals surface area contributed by atoms with Crippen molar-refractivity contribution in [3.05, 3.63) is 36.1 Å². The fourth-order valence-corrected chi connectivity index (χ4v) is 0.844. The van der Waals surface area contributed by atoms with Crippen molar-refractivity contribution in [2.75, 3.05) is 6.54 Å². The van der Waals surface area contributed by atoms with E-state index in [2.05, 4.69) is 16.8 Å². The summed E-state index contributed by atoms with van der Waals surface area (Å²) in [7, 11) is 0. The van der Waals surface area contributed by atoms with E-state index in [1.165, 1.54) is 0 Å². The van der Waals surface area contributed by atoms with Gasteiger partial charge >= 0.3 is 0 Å². The van der Waals surface area contributed by atoms with Gasteiger partial charge in [-0.05, 0) is 13.0 Å². The Morgan fingerprint density at radius 1 is 1.60 bits per heavy atom. The van der Waals surface area contributed by atoms with Crippen molar-refractivity contribution in [1.82, 2.24) is 0 Å². The molecule has 0 aromatic rings. The van der Waals surface area contributed by atoms with Crippen molar-refractivity contribution in [3.8, 4) is 0 Å². The molecule has 0 saturated heterocycles. The lowest BCUT2D eigenvalue weighted by molar-refractivity contribution is 1.11. The minimum Gasteiger partial charge on any atom is -0.184 e. The van der Waals surface area contributed by atoms with Gasteiger partial charge in [0.15, 0.2) is 0 Å². The molecule has 0 saturated carbocycles. The van der Waals surface area contributed by atoms with Crippen LogP contribution in [-0.4, -0.2) is 6.54 Å². The van der Waals surface area contributed by atoms with Gasteiger partial charge in [0.2, 0.25) is 0 Å². The monoisotopic (exact) mass is 134 g/mol. The summed E-state index contributed by atoms with van der Waals surface area (Å²) in [5.74, 6) is 0. The second-order valence-electron chi connectivity index (χ2n) is 2.01. The lowest BCUT2D eigenvalue weighted by Gasteiger charge is -1.88. The SMILES string of the molecule is C=CC1=C(/C=C\C)CN=N1. The highest BCUT2D eigenvalue weighted by Crippen LogP contribution is 2.16. The zero-order chi connectivity index (χ0) is 7.40. The summed E-state index contributed by atoms with van der Waals surface area (Å²) in [4.78, 5) is 0. The number of nitrogens with zero attached hydrogens (tertiary/aromatic N) is 2. The third-order valence-electron chi connectivity index (χ3n) is 1.31. The maximum atomic E-state index is 3.89. The second-order valence-corrected chi connectivity index (χ2v) is 2.01. The van der Waals surface area contributed by atoms with Crippen molar-refractivity contribution in [3.63, 3.8) is 0 Å². The highest BCUT2D eigenvalue weighted by molar-refractivity contribution is 5.34. The number of azo groups is 1. The third-order valence-corrected chi connectivity index (χ3v) is 1.31. The Labute approximate surface area is 60.7 Å². The average Bonchev–Trinajstić information content (AvgIpc) is 2.36. The average molecular weight is 134 g/mol. The molecule has 0 atom stereocenters. The van der Waals surface area contributed by atoms with Crippen LogP contribution >= 0.6 is 0 Å². The zero-order valence-electron chi connectivity index (χ0n) is 6.04. The lowest BCUT2D eigenvalue weighted by atomic mass is 10.2. The van der Waals surface area contributed by atoms with Gasteiger partial charge in [0.05, 0.1) is 12.2 Å². The maximum Gasteiger partial charge on any atom is 0.0898 e. The molecule has 1 heterocycles. The van der Waals surface area contributed by atoms with E-state index >= 15 is 0 Å². The fraction of sp³-hybridized carbons (Fsp3) is 0.250. The normalized spacial score (nSPS) is 17.3. The highest BCUT2D eigenvalue weighted by Gasteiger charge is 2.04. The molecule has 0 spiro atoms. The third kappa shape index (κ3) is 1.21. The van der Waals surface area contributed by atoms with Gasteiger partial charge in [-0.2, -0.15) is 10.2 Å². The molecular formula is C8H10N2. The molecule has 2 heteroatoms. The molecule has 0 aliphatic carbocycles. The minimum absolute atomic E-state index is 0.700. The van der Waals surface area contributed by atoms with E-state index in [0.717, 1.165) is 11.3 Å². The molecule has 52 valence electrons. The van der Waals surface area contributed by atoms with E-state index in [1.807, 2.05) is 19.1 Å². The van der Waals surface area contributed by atoms with Crippen LogP contribution in [0.25, 0.3) is 0 Å². The van der Waals surface area contributed by atoms with Crippen LogP contribution in [0.5, 0.6) is 0 Å². The van der Waals surface area contributed by atoms with Crippen LogP contribution in [0.4, 0.5) is 0 Å². The standard InChI is InChI=1S/C8H10N2/c1-3-5-7-6-9-10-8(7)4-2/h3-5H,2,6H2,1H3/b5-3-. The molecule has 2 nitrogen and oxygen atoms in total. The Bertz CT molecular complexity index is 221. The van der Waals surface area contributed by atoms with E-state index in [1.54, 1.807) is 6.08 Å². The van der Waals surface area contributed by atoms with Gasteiger partial charge in [0, 0.05) is 5.57 Å². The van der Waals surface area contributed by atoms with E-state index in [-0.39, 0.29) is 0 Å². The van der Waals surface area contributed by atoms with Gasteiger partial charge in [0.1, 0.15) is 0 Å². The van der Waals surface area contributed by atoms with Gasteiger partial charge < -0.3 is 0 Å². The van der Waals surface area contributed by atoms with Gasteiger partial charge in [-0.25, -0.2) is 0 Å². The number of rotatable bonds is 2. The van der Waals surface area contributed by atoms with Gasteiger partial charge in [-0.1, -0.05) is 18.7 Å². The molecule has 1 aliphatic heterocycles. The second kappa shape index (κ2) is 3.11. The van der Waals surface area contributed by atoms with Crippen LogP contribution in [0.1, 0.15) is 6.92 Å². The Morgan fingerprint density at radius 3 is 3.00 bits per heavy atom. The molecule has 0 aromatic heterocycles. The largest absolute Gasteiger partial charge is 0.184 e. The summed E-state index contributed by atoms with van der Waals surface area (Å²) in [6, 6.07) is 0. The summed E-state index contributed by atoms with van der Waals surface area (Å²) in [5, 5.41) is 7.75. The summed E-state index contributed by atoms with van der Waals surface area (Å²) in [6.07, 6.45) is 5.72. The molecule has 1 rings (SSSR count). The minimum atomic E-state index is 0.700. The summed E-state index contributed by atoms with van der Waals surface area (Å²) < 4.78 is 0. The fourth-order valence-electron chi connectivity index (χ4n) is 0.844. The number of hydrogen-bond donors (Lipinski definition) is 0. The molecule has 0 N–H and O–H groups in total. The molecule has 0 radical (unpaired) electrons.